The van der Waals surface area contributed by atoms with E-state index in [1.165, 1.54) is 0 Å². The minimum absolute atomic E-state index is 0.273. The number of rotatable bonds is 6. The quantitative estimate of drug-likeness (QED) is 0.861. The first kappa shape index (κ1) is 17.9. The van der Waals surface area contributed by atoms with E-state index in [0.717, 1.165) is 57.2 Å². The molecule has 2 aliphatic rings. The van der Waals surface area contributed by atoms with Crippen molar-refractivity contribution < 1.29 is 14.3 Å². The Balaban J connectivity index is 1.55. The van der Waals surface area contributed by atoms with Crippen molar-refractivity contribution >= 4 is 0 Å². The van der Waals surface area contributed by atoms with Gasteiger partial charge in [-0.3, -0.25) is 9.80 Å². The third kappa shape index (κ3) is 4.39. The summed E-state index contributed by atoms with van der Waals surface area (Å²) in [4.78, 5) is 4.94. The van der Waals surface area contributed by atoms with Gasteiger partial charge in [0.15, 0.2) is 0 Å². The second kappa shape index (κ2) is 8.00. The van der Waals surface area contributed by atoms with Gasteiger partial charge in [0.25, 0.3) is 0 Å². The molecule has 24 heavy (non-hydrogen) atoms. The molecule has 2 saturated heterocycles. The molecule has 1 aromatic heterocycles. The molecule has 1 N–H and O–H groups in total. The number of aliphatic hydroxyl groups excluding tert-OH is 1. The Bertz CT molecular complexity index is 508. The molecule has 3 rings (SSSR count). The molecule has 0 radical (unpaired) electrons. The maximum absolute atomic E-state index is 9.80. The Morgan fingerprint density at radius 3 is 2.29 bits per heavy atom. The van der Waals surface area contributed by atoms with Crippen LogP contribution in [-0.4, -0.2) is 66.4 Å². The van der Waals surface area contributed by atoms with Crippen molar-refractivity contribution in [1.29, 1.82) is 0 Å². The maximum Gasteiger partial charge on any atom is 0.118 e. The third-order valence-electron chi connectivity index (χ3n) is 5.32. The van der Waals surface area contributed by atoms with Crippen LogP contribution in [0.25, 0.3) is 0 Å². The van der Waals surface area contributed by atoms with Gasteiger partial charge in [-0.25, -0.2) is 0 Å². The minimum Gasteiger partial charge on any atom is -0.465 e. The number of hydrogen-bond acceptors (Lipinski definition) is 5. The van der Waals surface area contributed by atoms with Crippen LogP contribution in [0.2, 0.25) is 0 Å². The summed E-state index contributed by atoms with van der Waals surface area (Å²) in [5, 5.41) is 9.80. The first-order valence-corrected chi connectivity index (χ1v) is 9.36. The van der Waals surface area contributed by atoms with Crippen molar-refractivity contribution in [3.8, 4) is 0 Å². The van der Waals surface area contributed by atoms with Gasteiger partial charge in [0, 0.05) is 45.8 Å². The Kier molecular flexibility index (Phi) is 5.98. The molecule has 0 aromatic carbocycles. The minimum atomic E-state index is 0.273. The summed E-state index contributed by atoms with van der Waals surface area (Å²) in [6.45, 7) is 12.6. The largest absolute Gasteiger partial charge is 0.465 e. The second-order valence-corrected chi connectivity index (χ2v) is 7.59. The molecule has 4 atom stereocenters. The second-order valence-electron chi connectivity index (χ2n) is 7.59. The van der Waals surface area contributed by atoms with Gasteiger partial charge in [-0.2, -0.15) is 0 Å². The van der Waals surface area contributed by atoms with Crippen molar-refractivity contribution in [2.45, 2.75) is 45.9 Å². The van der Waals surface area contributed by atoms with E-state index in [4.69, 9.17) is 9.15 Å². The highest BCUT2D eigenvalue weighted by Gasteiger charge is 2.35. The lowest BCUT2D eigenvalue weighted by atomic mass is 9.96. The SMILES string of the molecule is CCc1ccc(CN2C[C@H](CO)[C@H](CN3C[C@@H](C)O[C@@H](C)C3)C2)o1. The predicted molar refractivity (Wildman–Crippen MR) is 93.9 cm³/mol. The van der Waals surface area contributed by atoms with Gasteiger partial charge in [-0.15, -0.1) is 0 Å². The predicted octanol–water partition coefficient (Wildman–Crippen LogP) is 1.99. The Morgan fingerprint density at radius 1 is 1.00 bits per heavy atom. The van der Waals surface area contributed by atoms with Crippen molar-refractivity contribution in [3.63, 3.8) is 0 Å². The number of morpholine rings is 1. The van der Waals surface area contributed by atoms with Crippen molar-refractivity contribution in [3.05, 3.63) is 23.7 Å². The lowest BCUT2D eigenvalue weighted by molar-refractivity contribution is -0.0727. The number of hydrogen-bond donors (Lipinski definition) is 1. The van der Waals surface area contributed by atoms with E-state index in [9.17, 15) is 5.11 Å². The molecule has 1 aromatic rings. The van der Waals surface area contributed by atoms with Gasteiger partial charge in [-0.05, 0) is 37.8 Å². The zero-order valence-electron chi connectivity index (χ0n) is 15.3. The van der Waals surface area contributed by atoms with E-state index in [0.29, 0.717) is 24.0 Å². The van der Waals surface area contributed by atoms with Crippen LogP contribution in [0, 0.1) is 11.8 Å². The number of aryl methyl sites for hydroxylation is 1. The van der Waals surface area contributed by atoms with Gasteiger partial charge in [0.2, 0.25) is 0 Å². The highest BCUT2D eigenvalue weighted by molar-refractivity contribution is 5.07. The van der Waals surface area contributed by atoms with Crippen LogP contribution in [0.5, 0.6) is 0 Å². The van der Waals surface area contributed by atoms with Gasteiger partial charge in [0.1, 0.15) is 11.5 Å². The number of ether oxygens (including phenoxy) is 1. The Morgan fingerprint density at radius 2 is 1.67 bits per heavy atom. The van der Waals surface area contributed by atoms with Crippen LogP contribution in [0.1, 0.15) is 32.3 Å². The van der Waals surface area contributed by atoms with Gasteiger partial charge in [-0.1, -0.05) is 6.92 Å². The monoisotopic (exact) mass is 336 g/mol. The molecule has 5 nitrogen and oxygen atoms in total. The van der Waals surface area contributed by atoms with E-state index >= 15 is 0 Å². The average Bonchev–Trinajstić information content (AvgIpc) is 3.13. The van der Waals surface area contributed by atoms with Crippen molar-refractivity contribution in [1.82, 2.24) is 9.80 Å². The maximum atomic E-state index is 9.80. The van der Waals surface area contributed by atoms with E-state index < -0.39 is 0 Å². The van der Waals surface area contributed by atoms with Crippen LogP contribution in [0.15, 0.2) is 16.5 Å². The van der Waals surface area contributed by atoms with Crippen molar-refractivity contribution in [2.75, 3.05) is 39.3 Å². The fourth-order valence-corrected chi connectivity index (χ4v) is 4.26. The molecule has 0 aliphatic carbocycles. The molecule has 0 bridgehead atoms. The summed E-state index contributed by atoms with van der Waals surface area (Å²) in [5.41, 5.74) is 0. The zero-order valence-corrected chi connectivity index (χ0v) is 15.3. The summed E-state index contributed by atoms with van der Waals surface area (Å²) in [7, 11) is 0. The highest BCUT2D eigenvalue weighted by Crippen LogP contribution is 2.27. The number of aliphatic hydroxyl groups is 1. The van der Waals surface area contributed by atoms with E-state index in [1.807, 2.05) is 0 Å². The van der Waals surface area contributed by atoms with Gasteiger partial charge >= 0.3 is 0 Å². The summed E-state index contributed by atoms with van der Waals surface area (Å²) >= 11 is 0. The Labute approximate surface area is 145 Å². The molecule has 2 fully saturated rings. The van der Waals surface area contributed by atoms with Gasteiger partial charge in [0.05, 0.1) is 18.8 Å². The van der Waals surface area contributed by atoms with Crippen molar-refractivity contribution in [2.24, 2.45) is 11.8 Å². The van der Waals surface area contributed by atoms with Crippen LogP contribution in [-0.2, 0) is 17.7 Å². The first-order chi connectivity index (χ1) is 11.6. The third-order valence-corrected chi connectivity index (χ3v) is 5.32. The number of likely N-dealkylation sites (tertiary alicyclic amines) is 1. The summed E-state index contributed by atoms with van der Waals surface area (Å²) in [5.74, 6) is 2.97. The molecule has 3 heterocycles. The van der Waals surface area contributed by atoms with E-state index in [1.54, 1.807) is 0 Å². The molecule has 0 spiro atoms. The lowest BCUT2D eigenvalue weighted by Gasteiger charge is -2.37. The van der Waals surface area contributed by atoms with Crippen LogP contribution in [0.3, 0.4) is 0 Å². The van der Waals surface area contributed by atoms with E-state index in [-0.39, 0.29) is 6.61 Å². The van der Waals surface area contributed by atoms with Gasteiger partial charge < -0.3 is 14.3 Å². The molecule has 0 unspecified atom stereocenters. The summed E-state index contributed by atoms with van der Waals surface area (Å²) < 4.78 is 11.7. The number of furan rings is 1. The summed E-state index contributed by atoms with van der Waals surface area (Å²) in [6.07, 6.45) is 1.54. The van der Waals surface area contributed by atoms with E-state index in [2.05, 4.69) is 42.7 Å². The molecule has 136 valence electrons. The molecule has 0 amide bonds. The topological polar surface area (TPSA) is 49.1 Å². The molecular weight excluding hydrogens is 304 g/mol. The smallest absolute Gasteiger partial charge is 0.118 e. The molecule has 5 heteroatoms. The molecular formula is C19H32N2O3. The van der Waals surface area contributed by atoms with Crippen LogP contribution < -0.4 is 0 Å². The standard InChI is InChI=1S/C19H32N2O3/c1-4-18-5-6-19(24-18)12-21-10-16(17(11-21)13-22)9-20-7-14(2)23-15(3)8-20/h5-6,14-17,22H,4,7-13H2,1-3H3/t14-,15+,16-,17-/m1/s1. The zero-order chi connectivity index (χ0) is 17.1. The average molecular weight is 336 g/mol. The normalized spacial score (nSPS) is 32.5. The lowest BCUT2D eigenvalue weighted by Crippen LogP contribution is -2.48. The molecule has 0 saturated carbocycles. The first-order valence-electron chi connectivity index (χ1n) is 9.36. The fourth-order valence-electron chi connectivity index (χ4n) is 4.26. The fraction of sp³-hybridized carbons (Fsp3) is 0.789. The Hall–Kier alpha value is -0.880. The summed E-state index contributed by atoms with van der Waals surface area (Å²) in [6, 6.07) is 4.16. The molecule has 2 aliphatic heterocycles. The van der Waals surface area contributed by atoms with Crippen LogP contribution in [0.4, 0.5) is 0 Å². The highest BCUT2D eigenvalue weighted by atomic mass is 16.5. The van der Waals surface area contributed by atoms with Crippen LogP contribution >= 0.6 is 0 Å². The number of nitrogens with zero attached hydrogens (tertiary/aromatic N) is 2.